The minimum atomic E-state index is -4.45. The normalized spacial score (nSPS) is 13.4. The van der Waals surface area contributed by atoms with Gasteiger partial charge in [-0.1, -0.05) is 0 Å². The molecular formula is C10H9F3N2O3S. The van der Waals surface area contributed by atoms with Crippen LogP contribution in [0.1, 0.15) is 0 Å². The zero-order valence-electron chi connectivity index (χ0n) is 9.41. The Morgan fingerprint density at radius 1 is 1.37 bits per heavy atom. The number of carbonyl (C=O) groups is 1. The molecule has 0 fully saturated rings. The van der Waals surface area contributed by atoms with Crippen molar-refractivity contribution in [1.82, 2.24) is 0 Å². The number of hydrogen-bond acceptors (Lipinski definition) is 5. The van der Waals surface area contributed by atoms with Crippen LogP contribution in [0.3, 0.4) is 0 Å². The summed E-state index contributed by atoms with van der Waals surface area (Å²) in [7, 11) is 0. The second-order valence-corrected chi connectivity index (χ2v) is 4.62. The van der Waals surface area contributed by atoms with E-state index in [9.17, 15) is 18.0 Å². The number of anilines is 2. The van der Waals surface area contributed by atoms with E-state index in [2.05, 4.69) is 5.32 Å². The minimum absolute atomic E-state index is 0.0378. The Hall–Kier alpha value is -1.77. The summed E-state index contributed by atoms with van der Waals surface area (Å²) in [5, 5.41) is 2.29. The molecule has 0 saturated heterocycles. The average Bonchev–Trinajstić information content (AvgIpc) is 2.73. The van der Waals surface area contributed by atoms with Gasteiger partial charge in [-0.15, -0.1) is 0 Å². The fourth-order valence-corrected chi connectivity index (χ4v) is 1.77. The summed E-state index contributed by atoms with van der Waals surface area (Å²) in [5.41, 5.74) is 1.58. The van der Waals surface area contributed by atoms with E-state index in [4.69, 9.17) is 15.2 Å². The molecule has 5 nitrogen and oxygen atoms in total. The number of rotatable bonds is 3. The highest BCUT2D eigenvalue weighted by molar-refractivity contribution is 8.00. The van der Waals surface area contributed by atoms with Gasteiger partial charge in [0, 0.05) is 12.1 Å². The van der Waals surface area contributed by atoms with Crippen molar-refractivity contribution >= 4 is 29.0 Å². The van der Waals surface area contributed by atoms with Gasteiger partial charge in [0.15, 0.2) is 11.5 Å². The Morgan fingerprint density at radius 2 is 2.00 bits per heavy atom. The van der Waals surface area contributed by atoms with Crippen LogP contribution in [-0.2, 0) is 4.79 Å². The van der Waals surface area contributed by atoms with Crippen molar-refractivity contribution in [2.24, 2.45) is 0 Å². The number of nitrogens with one attached hydrogen (secondary N) is 1. The number of ether oxygens (including phenoxy) is 2. The van der Waals surface area contributed by atoms with Gasteiger partial charge >= 0.3 is 5.51 Å². The Bertz CT molecular complexity index is 508. The summed E-state index contributed by atoms with van der Waals surface area (Å²) in [5.74, 6) is -0.724. The number of hydrogen-bond donors (Lipinski definition) is 2. The first-order valence-electron chi connectivity index (χ1n) is 5.05. The van der Waals surface area contributed by atoms with Gasteiger partial charge in [-0.25, -0.2) is 0 Å². The van der Waals surface area contributed by atoms with E-state index in [0.29, 0.717) is 11.5 Å². The van der Waals surface area contributed by atoms with E-state index in [-0.39, 0.29) is 18.2 Å². The van der Waals surface area contributed by atoms with E-state index in [0.717, 1.165) is 0 Å². The molecule has 0 bridgehead atoms. The number of alkyl halides is 3. The van der Waals surface area contributed by atoms with Gasteiger partial charge in [0.1, 0.15) is 0 Å². The van der Waals surface area contributed by atoms with Crippen LogP contribution in [0.4, 0.5) is 24.5 Å². The molecule has 0 atom stereocenters. The van der Waals surface area contributed by atoms with Crippen LogP contribution in [0.15, 0.2) is 12.1 Å². The molecule has 1 amide bonds. The molecule has 1 aliphatic heterocycles. The predicted octanol–water partition coefficient (Wildman–Crippen LogP) is 2.19. The van der Waals surface area contributed by atoms with Gasteiger partial charge in [0.25, 0.3) is 0 Å². The molecule has 1 heterocycles. The van der Waals surface area contributed by atoms with Gasteiger partial charge in [-0.2, -0.15) is 13.2 Å². The van der Waals surface area contributed by atoms with Gasteiger partial charge in [-0.05, 0) is 11.8 Å². The Kier molecular flexibility index (Phi) is 3.65. The highest BCUT2D eigenvalue weighted by atomic mass is 32.2. The molecule has 1 aromatic rings. The van der Waals surface area contributed by atoms with Gasteiger partial charge in [-0.3, -0.25) is 4.79 Å². The van der Waals surface area contributed by atoms with Crippen LogP contribution >= 0.6 is 11.8 Å². The van der Waals surface area contributed by atoms with Crippen molar-refractivity contribution in [3.8, 4) is 11.5 Å². The first-order chi connectivity index (χ1) is 8.85. The number of nitrogens with two attached hydrogens (primary N) is 1. The predicted molar refractivity (Wildman–Crippen MR) is 64.1 cm³/mol. The summed E-state index contributed by atoms with van der Waals surface area (Å²) in [6, 6.07) is 2.85. The number of carbonyl (C=O) groups excluding carboxylic acids is 1. The highest BCUT2D eigenvalue weighted by Crippen LogP contribution is 2.38. The molecule has 2 rings (SSSR count). The number of halogens is 3. The number of nitrogen functional groups attached to an aromatic ring is 1. The number of fused-ring (bicyclic) bond motifs is 1. The molecule has 0 saturated carbocycles. The maximum Gasteiger partial charge on any atom is 0.442 e. The van der Waals surface area contributed by atoms with Crippen LogP contribution < -0.4 is 20.5 Å². The van der Waals surface area contributed by atoms with Gasteiger partial charge in [0.2, 0.25) is 12.7 Å². The Labute approximate surface area is 110 Å². The molecule has 1 aromatic carbocycles. The molecule has 0 aromatic heterocycles. The van der Waals surface area contributed by atoms with Crippen LogP contribution in [-0.4, -0.2) is 24.0 Å². The smallest absolute Gasteiger partial charge is 0.442 e. The zero-order valence-corrected chi connectivity index (χ0v) is 10.2. The summed E-state index contributed by atoms with van der Waals surface area (Å²) in [4.78, 5) is 11.4. The monoisotopic (exact) mass is 294 g/mol. The SMILES string of the molecule is Nc1cc2c(cc1NC(=O)CSC(F)(F)F)OCO2. The standard InChI is InChI=1S/C10H9F3N2O3S/c11-10(12,13)19-3-9(16)15-6-2-8-7(1-5(6)14)17-4-18-8/h1-2H,3-4,14H2,(H,15,16). The van der Waals surface area contributed by atoms with Crippen LogP contribution in [0.5, 0.6) is 11.5 Å². The first-order valence-corrected chi connectivity index (χ1v) is 6.03. The van der Waals surface area contributed by atoms with Crippen LogP contribution in [0, 0.1) is 0 Å². The molecule has 1 aliphatic rings. The van der Waals surface area contributed by atoms with Crippen molar-refractivity contribution in [2.75, 3.05) is 23.6 Å². The van der Waals surface area contributed by atoms with E-state index in [1.54, 1.807) is 0 Å². The van der Waals surface area contributed by atoms with Crippen molar-refractivity contribution in [3.63, 3.8) is 0 Å². The maximum absolute atomic E-state index is 11.9. The summed E-state index contributed by atoms with van der Waals surface area (Å²) in [6.45, 7) is 0.0378. The third-order valence-electron chi connectivity index (χ3n) is 2.19. The van der Waals surface area contributed by atoms with Crippen molar-refractivity contribution < 1.29 is 27.4 Å². The Morgan fingerprint density at radius 3 is 2.63 bits per heavy atom. The molecule has 0 radical (unpaired) electrons. The molecule has 0 spiro atoms. The van der Waals surface area contributed by atoms with Crippen molar-refractivity contribution in [1.29, 1.82) is 0 Å². The third kappa shape index (κ3) is 3.60. The van der Waals surface area contributed by atoms with Gasteiger partial charge in [0.05, 0.1) is 17.1 Å². The second-order valence-electron chi connectivity index (χ2n) is 3.58. The van der Waals surface area contributed by atoms with Gasteiger partial charge < -0.3 is 20.5 Å². The summed E-state index contributed by atoms with van der Waals surface area (Å²) in [6.07, 6.45) is 0. The third-order valence-corrected chi connectivity index (χ3v) is 2.92. The molecule has 9 heteroatoms. The van der Waals surface area contributed by atoms with E-state index in [1.165, 1.54) is 12.1 Å². The minimum Gasteiger partial charge on any atom is -0.454 e. The number of benzene rings is 1. The Balaban J connectivity index is 2.01. The largest absolute Gasteiger partial charge is 0.454 e. The fraction of sp³-hybridized carbons (Fsp3) is 0.300. The van der Waals surface area contributed by atoms with Crippen LogP contribution in [0.25, 0.3) is 0 Å². The van der Waals surface area contributed by atoms with E-state index < -0.39 is 28.9 Å². The molecule has 0 unspecified atom stereocenters. The topological polar surface area (TPSA) is 73.6 Å². The lowest BCUT2D eigenvalue weighted by Crippen LogP contribution is -2.17. The summed E-state index contributed by atoms with van der Waals surface area (Å²) < 4.78 is 45.9. The van der Waals surface area contributed by atoms with E-state index >= 15 is 0 Å². The molecule has 19 heavy (non-hydrogen) atoms. The second kappa shape index (κ2) is 5.08. The van der Waals surface area contributed by atoms with Crippen molar-refractivity contribution in [2.45, 2.75) is 5.51 Å². The number of thioether (sulfide) groups is 1. The van der Waals surface area contributed by atoms with Crippen molar-refractivity contribution in [3.05, 3.63) is 12.1 Å². The zero-order chi connectivity index (χ0) is 14.0. The summed E-state index contributed by atoms with van der Waals surface area (Å²) >= 11 is -0.417. The molecule has 0 aliphatic carbocycles. The lowest BCUT2D eigenvalue weighted by molar-refractivity contribution is -0.114. The van der Waals surface area contributed by atoms with Crippen LogP contribution in [0.2, 0.25) is 0 Å². The average molecular weight is 294 g/mol. The molecule has 3 N–H and O–H groups in total. The number of amides is 1. The maximum atomic E-state index is 11.9. The lowest BCUT2D eigenvalue weighted by atomic mass is 10.2. The lowest BCUT2D eigenvalue weighted by Gasteiger charge is -2.10. The quantitative estimate of drug-likeness (QED) is 0.836. The highest BCUT2D eigenvalue weighted by Gasteiger charge is 2.29. The van der Waals surface area contributed by atoms with E-state index in [1.807, 2.05) is 0 Å². The first kappa shape index (κ1) is 13.7. The molecular weight excluding hydrogens is 285 g/mol. The molecule has 104 valence electrons. The fourth-order valence-electron chi connectivity index (χ4n) is 1.40.